The van der Waals surface area contributed by atoms with E-state index in [4.69, 9.17) is 16.3 Å². The molecular weight excluding hydrogens is 222 g/mol. The molecule has 1 aromatic carbocycles. The molecule has 2 nitrogen and oxygen atoms in total. The van der Waals surface area contributed by atoms with Gasteiger partial charge in [0.25, 0.3) is 0 Å². The van der Waals surface area contributed by atoms with E-state index in [-0.39, 0.29) is 0 Å². The highest BCUT2D eigenvalue weighted by atomic mass is 35.5. The van der Waals surface area contributed by atoms with Gasteiger partial charge in [-0.2, -0.15) is 0 Å². The normalized spacial score (nSPS) is 10.1. The summed E-state index contributed by atoms with van der Waals surface area (Å²) in [4.78, 5) is 0. The SMILES string of the molecule is C=CCCCOCCNc1ccc(Cl)cc1. The van der Waals surface area contributed by atoms with Crippen molar-refractivity contribution in [2.75, 3.05) is 25.1 Å². The van der Waals surface area contributed by atoms with E-state index in [9.17, 15) is 0 Å². The van der Waals surface area contributed by atoms with Crippen LogP contribution in [0.3, 0.4) is 0 Å². The maximum Gasteiger partial charge on any atom is 0.0639 e. The first-order valence-corrected chi connectivity index (χ1v) is 5.89. The largest absolute Gasteiger partial charge is 0.383 e. The molecule has 1 rings (SSSR count). The van der Waals surface area contributed by atoms with E-state index < -0.39 is 0 Å². The van der Waals surface area contributed by atoms with Gasteiger partial charge in [-0.3, -0.25) is 0 Å². The van der Waals surface area contributed by atoms with Crippen molar-refractivity contribution in [2.24, 2.45) is 0 Å². The van der Waals surface area contributed by atoms with Gasteiger partial charge in [-0.1, -0.05) is 17.7 Å². The fraction of sp³-hybridized carbons (Fsp3) is 0.385. The molecule has 3 heteroatoms. The molecule has 1 aromatic rings. The number of halogens is 1. The monoisotopic (exact) mass is 239 g/mol. The first kappa shape index (κ1) is 13.1. The second-order valence-electron chi connectivity index (χ2n) is 3.48. The van der Waals surface area contributed by atoms with Crippen LogP contribution in [-0.4, -0.2) is 19.8 Å². The molecule has 16 heavy (non-hydrogen) atoms. The van der Waals surface area contributed by atoms with E-state index in [0.717, 1.165) is 43.3 Å². The Morgan fingerprint density at radius 3 is 2.69 bits per heavy atom. The highest BCUT2D eigenvalue weighted by Crippen LogP contribution is 2.12. The molecule has 0 amide bonds. The first-order chi connectivity index (χ1) is 7.83. The molecule has 0 aliphatic rings. The fourth-order valence-electron chi connectivity index (χ4n) is 1.27. The predicted octanol–water partition coefficient (Wildman–Crippen LogP) is 3.73. The average Bonchev–Trinajstić information content (AvgIpc) is 2.30. The maximum atomic E-state index is 5.78. The minimum Gasteiger partial charge on any atom is -0.383 e. The van der Waals surface area contributed by atoms with E-state index in [1.807, 2.05) is 30.3 Å². The summed E-state index contributed by atoms with van der Waals surface area (Å²) in [6.07, 6.45) is 3.98. The summed E-state index contributed by atoms with van der Waals surface area (Å²) < 4.78 is 5.44. The van der Waals surface area contributed by atoms with Crippen molar-refractivity contribution in [3.05, 3.63) is 41.9 Å². The van der Waals surface area contributed by atoms with Crippen LogP contribution in [0.5, 0.6) is 0 Å². The second-order valence-corrected chi connectivity index (χ2v) is 3.91. The first-order valence-electron chi connectivity index (χ1n) is 5.51. The third kappa shape index (κ3) is 5.79. The third-order valence-corrected chi connectivity index (χ3v) is 2.37. The molecule has 0 saturated heterocycles. The van der Waals surface area contributed by atoms with Crippen LogP contribution in [0.4, 0.5) is 5.69 Å². The lowest BCUT2D eigenvalue weighted by Gasteiger charge is -2.07. The lowest BCUT2D eigenvalue weighted by molar-refractivity contribution is 0.142. The summed E-state index contributed by atoms with van der Waals surface area (Å²) in [6, 6.07) is 7.66. The molecule has 0 spiro atoms. The van der Waals surface area contributed by atoms with Crippen LogP contribution < -0.4 is 5.32 Å². The zero-order chi connectivity index (χ0) is 11.6. The molecule has 0 atom stereocenters. The number of benzene rings is 1. The van der Waals surface area contributed by atoms with E-state index in [2.05, 4.69) is 11.9 Å². The smallest absolute Gasteiger partial charge is 0.0639 e. The number of hydrogen-bond acceptors (Lipinski definition) is 2. The van der Waals surface area contributed by atoms with Crippen molar-refractivity contribution in [1.29, 1.82) is 0 Å². The van der Waals surface area contributed by atoms with Crippen LogP contribution >= 0.6 is 11.6 Å². The van der Waals surface area contributed by atoms with Gasteiger partial charge >= 0.3 is 0 Å². The van der Waals surface area contributed by atoms with Crippen LogP contribution in [0, 0.1) is 0 Å². The highest BCUT2D eigenvalue weighted by Gasteiger charge is 1.92. The number of anilines is 1. The summed E-state index contributed by atoms with van der Waals surface area (Å²) in [5, 5.41) is 4.01. The number of allylic oxidation sites excluding steroid dienone is 1. The molecule has 0 bridgehead atoms. The molecule has 0 heterocycles. The molecule has 0 aliphatic heterocycles. The minimum absolute atomic E-state index is 0.722. The van der Waals surface area contributed by atoms with Gasteiger partial charge in [0, 0.05) is 23.9 Å². The molecule has 0 saturated carbocycles. The summed E-state index contributed by atoms with van der Waals surface area (Å²) in [5.41, 5.74) is 1.07. The number of rotatable bonds is 8. The molecular formula is C13H18ClNO. The quantitative estimate of drug-likeness (QED) is 0.551. The molecule has 0 unspecified atom stereocenters. The van der Waals surface area contributed by atoms with Crippen LogP contribution in [0.2, 0.25) is 5.02 Å². The van der Waals surface area contributed by atoms with Crippen LogP contribution in [0.25, 0.3) is 0 Å². The lowest BCUT2D eigenvalue weighted by atomic mass is 10.3. The zero-order valence-corrected chi connectivity index (χ0v) is 10.2. The van der Waals surface area contributed by atoms with Crippen molar-refractivity contribution in [3.8, 4) is 0 Å². The second kappa shape index (κ2) is 8.20. The summed E-state index contributed by atoms with van der Waals surface area (Å²) in [5.74, 6) is 0. The minimum atomic E-state index is 0.722. The Bertz CT molecular complexity index is 297. The summed E-state index contributed by atoms with van der Waals surface area (Å²) in [6.45, 7) is 6.00. The number of ether oxygens (including phenoxy) is 1. The predicted molar refractivity (Wildman–Crippen MR) is 70.2 cm³/mol. The fourth-order valence-corrected chi connectivity index (χ4v) is 1.39. The molecule has 0 radical (unpaired) electrons. The van der Waals surface area contributed by atoms with Crippen LogP contribution in [-0.2, 0) is 4.74 Å². The molecule has 0 fully saturated rings. The van der Waals surface area contributed by atoms with Gasteiger partial charge in [0.2, 0.25) is 0 Å². The highest BCUT2D eigenvalue weighted by molar-refractivity contribution is 6.30. The lowest BCUT2D eigenvalue weighted by Crippen LogP contribution is -2.09. The van der Waals surface area contributed by atoms with Crippen molar-refractivity contribution in [1.82, 2.24) is 0 Å². The van der Waals surface area contributed by atoms with Gasteiger partial charge in [0.15, 0.2) is 0 Å². The van der Waals surface area contributed by atoms with E-state index in [1.54, 1.807) is 0 Å². The van der Waals surface area contributed by atoms with Gasteiger partial charge in [-0.15, -0.1) is 6.58 Å². The Morgan fingerprint density at radius 2 is 2.00 bits per heavy atom. The summed E-state index contributed by atoms with van der Waals surface area (Å²) in [7, 11) is 0. The Labute approximate surface area is 102 Å². The maximum absolute atomic E-state index is 5.78. The molecule has 88 valence electrons. The van der Waals surface area contributed by atoms with Gasteiger partial charge in [-0.05, 0) is 37.1 Å². The van der Waals surface area contributed by atoms with E-state index in [0.29, 0.717) is 0 Å². The van der Waals surface area contributed by atoms with Crippen LogP contribution in [0.15, 0.2) is 36.9 Å². The van der Waals surface area contributed by atoms with Crippen molar-refractivity contribution in [3.63, 3.8) is 0 Å². The van der Waals surface area contributed by atoms with Gasteiger partial charge in [-0.25, -0.2) is 0 Å². The zero-order valence-electron chi connectivity index (χ0n) is 9.42. The molecule has 0 aromatic heterocycles. The number of unbranched alkanes of at least 4 members (excludes halogenated alkanes) is 1. The van der Waals surface area contributed by atoms with Gasteiger partial charge in [0.05, 0.1) is 6.61 Å². The topological polar surface area (TPSA) is 21.3 Å². The van der Waals surface area contributed by atoms with Crippen molar-refractivity contribution in [2.45, 2.75) is 12.8 Å². The van der Waals surface area contributed by atoms with Gasteiger partial charge in [0.1, 0.15) is 0 Å². The Morgan fingerprint density at radius 1 is 1.25 bits per heavy atom. The van der Waals surface area contributed by atoms with E-state index >= 15 is 0 Å². The molecule has 0 aliphatic carbocycles. The van der Waals surface area contributed by atoms with Crippen molar-refractivity contribution < 1.29 is 4.74 Å². The van der Waals surface area contributed by atoms with Crippen LogP contribution in [0.1, 0.15) is 12.8 Å². The standard InChI is InChI=1S/C13H18ClNO/c1-2-3-4-10-16-11-9-15-13-7-5-12(14)6-8-13/h2,5-8,15H,1,3-4,9-11H2. The van der Waals surface area contributed by atoms with E-state index in [1.165, 1.54) is 0 Å². The number of nitrogens with one attached hydrogen (secondary N) is 1. The third-order valence-electron chi connectivity index (χ3n) is 2.12. The average molecular weight is 240 g/mol. The summed E-state index contributed by atoms with van der Waals surface area (Å²) >= 11 is 5.78. The number of hydrogen-bond donors (Lipinski definition) is 1. The Hall–Kier alpha value is -0.990. The van der Waals surface area contributed by atoms with Crippen molar-refractivity contribution >= 4 is 17.3 Å². The Kier molecular flexibility index (Phi) is 6.70. The van der Waals surface area contributed by atoms with Gasteiger partial charge < -0.3 is 10.1 Å². The molecule has 1 N–H and O–H groups in total. The Balaban J connectivity index is 2.02.